The summed E-state index contributed by atoms with van der Waals surface area (Å²) in [5.74, 6) is 0.807. The molecular formula is C18H30N6OS. The summed E-state index contributed by atoms with van der Waals surface area (Å²) in [5, 5.41) is 12.4. The first-order valence-electron chi connectivity index (χ1n) is 8.93. The van der Waals surface area contributed by atoms with Gasteiger partial charge in [0.05, 0.1) is 42.6 Å². The number of aryl methyl sites for hydroxylation is 3. The van der Waals surface area contributed by atoms with Gasteiger partial charge in [-0.3, -0.25) is 4.68 Å². The summed E-state index contributed by atoms with van der Waals surface area (Å²) in [7, 11) is 1.71. The van der Waals surface area contributed by atoms with Crippen molar-refractivity contribution < 1.29 is 4.74 Å². The largest absolute Gasteiger partial charge is 0.383 e. The Bertz CT molecular complexity index is 749. The molecule has 2 heterocycles. The number of aromatic nitrogens is 3. The van der Waals surface area contributed by atoms with Gasteiger partial charge in [0.1, 0.15) is 0 Å². The topological polar surface area (TPSA) is 76.4 Å². The third kappa shape index (κ3) is 5.28. The van der Waals surface area contributed by atoms with Crippen molar-refractivity contribution in [1.29, 1.82) is 0 Å². The lowest BCUT2D eigenvalue weighted by atomic mass is 10.2. The van der Waals surface area contributed by atoms with Gasteiger partial charge < -0.3 is 15.4 Å². The monoisotopic (exact) mass is 378 g/mol. The van der Waals surface area contributed by atoms with E-state index < -0.39 is 0 Å². The van der Waals surface area contributed by atoms with E-state index in [2.05, 4.69) is 34.6 Å². The van der Waals surface area contributed by atoms with E-state index >= 15 is 0 Å². The van der Waals surface area contributed by atoms with Gasteiger partial charge in [0.25, 0.3) is 0 Å². The fraction of sp³-hybridized carbons (Fsp3) is 0.611. The van der Waals surface area contributed by atoms with E-state index in [-0.39, 0.29) is 0 Å². The number of thiazole rings is 1. The molecule has 8 heteroatoms. The summed E-state index contributed by atoms with van der Waals surface area (Å²) in [5.41, 5.74) is 4.42. The Morgan fingerprint density at radius 2 is 1.96 bits per heavy atom. The fourth-order valence-corrected chi connectivity index (χ4v) is 3.64. The predicted octanol–water partition coefficient (Wildman–Crippen LogP) is 2.47. The number of hydrogen-bond donors (Lipinski definition) is 2. The average Bonchev–Trinajstić information content (AvgIpc) is 3.06. The van der Waals surface area contributed by atoms with Gasteiger partial charge in [0.2, 0.25) is 0 Å². The standard InChI is InChI=1S/C18H30N6OS/c1-7-19-18(21-11-17-13(3)22-15(5)26-17)20-10-16-12(2)23-24(14(16)4)8-9-25-6/h7-11H2,1-6H3,(H2,19,20,21). The maximum Gasteiger partial charge on any atom is 0.191 e. The molecule has 7 nitrogen and oxygen atoms in total. The lowest BCUT2D eigenvalue weighted by Crippen LogP contribution is -2.36. The summed E-state index contributed by atoms with van der Waals surface area (Å²) in [4.78, 5) is 10.5. The van der Waals surface area contributed by atoms with Crippen LogP contribution in [0.2, 0.25) is 0 Å². The van der Waals surface area contributed by atoms with Crippen LogP contribution in [0.4, 0.5) is 0 Å². The van der Waals surface area contributed by atoms with E-state index in [1.54, 1.807) is 18.4 Å². The lowest BCUT2D eigenvalue weighted by Gasteiger charge is -2.11. The molecule has 0 fully saturated rings. The first-order chi connectivity index (χ1) is 12.5. The Hall–Kier alpha value is -1.93. The van der Waals surface area contributed by atoms with E-state index in [9.17, 15) is 0 Å². The molecule has 26 heavy (non-hydrogen) atoms. The molecular weight excluding hydrogens is 348 g/mol. The first kappa shape index (κ1) is 20.4. The van der Waals surface area contributed by atoms with Gasteiger partial charge in [-0.05, 0) is 34.6 Å². The van der Waals surface area contributed by atoms with Gasteiger partial charge in [-0.2, -0.15) is 5.10 Å². The Morgan fingerprint density at radius 1 is 1.19 bits per heavy atom. The maximum absolute atomic E-state index is 5.15. The number of rotatable bonds is 8. The van der Waals surface area contributed by atoms with Crippen molar-refractivity contribution >= 4 is 17.3 Å². The molecule has 0 amide bonds. The molecule has 144 valence electrons. The predicted molar refractivity (Wildman–Crippen MR) is 107 cm³/mol. The maximum atomic E-state index is 5.15. The quantitative estimate of drug-likeness (QED) is 0.545. The van der Waals surface area contributed by atoms with Crippen LogP contribution < -0.4 is 10.6 Å². The van der Waals surface area contributed by atoms with Crippen LogP contribution in [-0.4, -0.2) is 41.0 Å². The molecule has 0 aliphatic rings. The van der Waals surface area contributed by atoms with Crippen LogP contribution in [0.1, 0.15) is 39.5 Å². The van der Waals surface area contributed by atoms with Crippen LogP contribution in [0, 0.1) is 27.7 Å². The van der Waals surface area contributed by atoms with Crippen LogP contribution in [0.5, 0.6) is 0 Å². The number of aliphatic imine (C=N–C) groups is 1. The summed E-state index contributed by atoms with van der Waals surface area (Å²) in [6, 6.07) is 0. The summed E-state index contributed by atoms with van der Waals surface area (Å²) < 4.78 is 7.15. The molecule has 0 bridgehead atoms. The zero-order chi connectivity index (χ0) is 19.1. The van der Waals surface area contributed by atoms with Crippen LogP contribution in [0.15, 0.2) is 4.99 Å². The lowest BCUT2D eigenvalue weighted by molar-refractivity contribution is 0.182. The summed E-state index contributed by atoms with van der Waals surface area (Å²) >= 11 is 1.72. The van der Waals surface area contributed by atoms with Gasteiger partial charge in [-0.1, -0.05) is 0 Å². The van der Waals surface area contributed by atoms with Crippen molar-refractivity contribution in [3.8, 4) is 0 Å². The van der Waals surface area contributed by atoms with E-state index in [1.807, 2.05) is 25.5 Å². The zero-order valence-electron chi connectivity index (χ0n) is 16.6. The molecule has 0 aliphatic heterocycles. The SMILES string of the molecule is CCNC(=NCc1c(C)nn(CCOC)c1C)NCc1sc(C)nc1C. The third-order valence-corrected chi connectivity index (χ3v) is 5.27. The molecule has 0 spiro atoms. The molecule has 2 N–H and O–H groups in total. The molecule has 0 saturated carbocycles. The van der Waals surface area contributed by atoms with Crippen molar-refractivity contribution in [2.24, 2.45) is 4.99 Å². The van der Waals surface area contributed by atoms with Crippen LogP contribution in [-0.2, 0) is 24.4 Å². The molecule has 2 aromatic heterocycles. The highest BCUT2D eigenvalue weighted by Gasteiger charge is 2.11. The van der Waals surface area contributed by atoms with Gasteiger partial charge in [-0.25, -0.2) is 9.98 Å². The van der Waals surface area contributed by atoms with Crippen molar-refractivity contribution in [3.05, 3.63) is 32.5 Å². The van der Waals surface area contributed by atoms with Crippen molar-refractivity contribution in [2.45, 2.75) is 54.3 Å². The number of guanidine groups is 1. The van der Waals surface area contributed by atoms with Crippen molar-refractivity contribution in [1.82, 2.24) is 25.4 Å². The Morgan fingerprint density at radius 3 is 2.58 bits per heavy atom. The highest BCUT2D eigenvalue weighted by Crippen LogP contribution is 2.17. The second-order valence-electron chi connectivity index (χ2n) is 6.16. The van der Waals surface area contributed by atoms with Crippen LogP contribution in [0.25, 0.3) is 0 Å². The number of nitrogens with zero attached hydrogens (tertiary/aromatic N) is 4. The second-order valence-corrected chi connectivity index (χ2v) is 7.44. The van der Waals surface area contributed by atoms with Crippen LogP contribution >= 0.6 is 11.3 Å². The highest BCUT2D eigenvalue weighted by molar-refractivity contribution is 7.11. The molecule has 0 saturated heterocycles. The molecule has 0 atom stereocenters. The Kier molecular flexibility index (Phi) is 7.59. The van der Waals surface area contributed by atoms with E-state index in [0.29, 0.717) is 13.2 Å². The van der Waals surface area contributed by atoms with E-state index in [0.717, 1.165) is 47.7 Å². The van der Waals surface area contributed by atoms with E-state index in [1.165, 1.54) is 10.4 Å². The number of nitrogens with one attached hydrogen (secondary N) is 2. The first-order valence-corrected chi connectivity index (χ1v) is 9.74. The van der Waals surface area contributed by atoms with Gasteiger partial charge in [0, 0.05) is 29.8 Å². The molecule has 2 aromatic rings. The third-order valence-electron chi connectivity index (χ3n) is 4.19. The number of methoxy groups -OCH3 is 1. The Balaban J connectivity index is 2.06. The zero-order valence-corrected chi connectivity index (χ0v) is 17.5. The van der Waals surface area contributed by atoms with Crippen molar-refractivity contribution in [3.63, 3.8) is 0 Å². The minimum absolute atomic E-state index is 0.598. The molecule has 0 unspecified atom stereocenters. The number of ether oxygens (including phenoxy) is 1. The normalized spacial score (nSPS) is 11.8. The Labute approximate surface area is 159 Å². The smallest absolute Gasteiger partial charge is 0.191 e. The van der Waals surface area contributed by atoms with E-state index in [4.69, 9.17) is 9.73 Å². The number of hydrogen-bond acceptors (Lipinski definition) is 5. The second kappa shape index (κ2) is 9.68. The molecule has 0 radical (unpaired) electrons. The van der Waals surface area contributed by atoms with Crippen molar-refractivity contribution in [2.75, 3.05) is 20.3 Å². The average molecular weight is 379 g/mol. The van der Waals surface area contributed by atoms with Gasteiger partial charge in [-0.15, -0.1) is 11.3 Å². The minimum Gasteiger partial charge on any atom is -0.383 e. The molecule has 2 rings (SSSR count). The fourth-order valence-electron chi connectivity index (χ4n) is 2.76. The van der Waals surface area contributed by atoms with Gasteiger partial charge in [0.15, 0.2) is 5.96 Å². The highest BCUT2D eigenvalue weighted by atomic mass is 32.1. The summed E-state index contributed by atoms with van der Waals surface area (Å²) in [6.45, 7) is 13.8. The minimum atomic E-state index is 0.598. The van der Waals surface area contributed by atoms with Gasteiger partial charge >= 0.3 is 0 Å². The van der Waals surface area contributed by atoms with Crippen LogP contribution in [0.3, 0.4) is 0 Å². The summed E-state index contributed by atoms with van der Waals surface area (Å²) in [6.07, 6.45) is 0. The molecule has 0 aliphatic carbocycles. The molecule has 0 aromatic carbocycles.